The Balaban J connectivity index is 1.54. The molecule has 1 N–H and O–H groups in total. The summed E-state index contributed by atoms with van der Waals surface area (Å²) in [7, 11) is 0. The molecule has 1 aromatic carbocycles. The van der Waals surface area contributed by atoms with Gasteiger partial charge in [0.05, 0.1) is 0 Å². The third-order valence-electron chi connectivity index (χ3n) is 4.74. The molecule has 2 saturated carbocycles. The molecule has 108 valence electrons. The molecule has 0 unspecified atom stereocenters. The van der Waals surface area contributed by atoms with Gasteiger partial charge in [-0.25, -0.2) is 0 Å². The van der Waals surface area contributed by atoms with E-state index in [4.69, 9.17) is 4.74 Å². The summed E-state index contributed by atoms with van der Waals surface area (Å²) >= 11 is 0. The number of fused-ring (bicyclic) bond motifs is 2. The Morgan fingerprint density at radius 3 is 2.85 bits per heavy atom. The summed E-state index contributed by atoms with van der Waals surface area (Å²) in [5.41, 5.74) is 1.14. The second-order valence-electron chi connectivity index (χ2n) is 6.37. The number of ether oxygens (including phenoxy) is 1. The maximum Gasteiger partial charge on any atom is 0.261 e. The molecular formula is C17H23NO2. The Morgan fingerprint density at radius 2 is 2.20 bits per heavy atom. The summed E-state index contributed by atoms with van der Waals surface area (Å²) in [6.07, 6.45) is 4.66. The predicted molar refractivity (Wildman–Crippen MR) is 78.6 cm³/mol. The minimum Gasteiger partial charge on any atom is -0.481 e. The number of aryl methyl sites for hydroxylation is 1. The van der Waals surface area contributed by atoms with Crippen molar-refractivity contribution in [3.8, 4) is 5.75 Å². The van der Waals surface area contributed by atoms with Crippen LogP contribution in [0.3, 0.4) is 0 Å². The van der Waals surface area contributed by atoms with Crippen molar-refractivity contribution in [1.29, 1.82) is 0 Å². The summed E-state index contributed by atoms with van der Waals surface area (Å²) in [6.45, 7) is 3.84. The number of amides is 1. The monoisotopic (exact) mass is 273 g/mol. The number of nitrogens with one attached hydrogen (secondary N) is 1. The fraction of sp³-hybridized carbons (Fsp3) is 0.588. The maximum absolute atomic E-state index is 12.2. The van der Waals surface area contributed by atoms with Gasteiger partial charge >= 0.3 is 0 Å². The molecule has 0 spiro atoms. The van der Waals surface area contributed by atoms with E-state index in [2.05, 4.69) is 5.32 Å². The fourth-order valence-electron chi connectivity index (χ4n) is 3.67. The Hall–Kier alpha value is -1.51. The largest absolute Gasteiger partial charge is 0.481 e. The Labute approximate surface area is 120 Å². The van der Waals surface area contributed by atoms with Crippen molar-refractivity contribution in [3.05, 3.63) is 29.8 Å². The Kier molecular flexibility index (Phi) is 3.68. The minimum absolute atomic E-state index is 0.0176. The van der Waals surface area contributed by atoms with Crippen LogP contribution < -0.4 is 10.1 Å². The van der Waals surface area contributed by atoms with E-state index in [-0.39, 0.29) is 5.91 Å². The summed E-state index contributed by atoms with van der Waals surface area (Å²) in [5.74, 6) is 2.33. The highest BCUT2D eigenvalue weighted by atomic mass is 16.5. The fourth-order valence-corrected chi connectivity index (χ4v) is 3.67. The quantitative estimate of drug-likeness (QED) is 0.915. The van der Waals surface area contributed by atoms with Crippen LogP contribution in [-0.2, 0) is 4.79 Å². The number of benzene rings is 1. The first-order valence-corrected chi connectivity index (χ1v) is 7.65. The van der Waals surface area contributed by atoms with Crippen LogP contribution >= 0.6 is 0 Å². The molecular weight excluding hydrogens is 250 g/mol. The first-order valence-electron chi connectivity index (χ1n) is 7.65. The summed E-state index contributed by atoms with van der Waals surface area (Å²) in [4.78, 5) is 12.2. The van der Waals surface area contributed by atoms with Gasteiger partial charge in [0.15, 0.2) is 6.10 Å². The standard InChI is InChI=1S/C17H23NO2/c1-11-4-3-5-15(8-11)20-12(2)17(19)18-16-10-13-6-7-14(16)9-13/h3-5,8,12-14,16H,6-7,9-10H2,1-2H3,(H,18,19)/t12-,13+,14+,16+/m0/s1. The van der Waals surface area contributed by atoms with E-state index in [1.807, 2.05) is 38.1 Å². The van der Waals surface area contributed by atoms with Crippen molar-refractivity contribution in [3.63, 3.8) is 0 Å². The summed E-state index contributed by atoms with van der Waals surface area (Å²) < 4.78 is 5.74. The van der Waals surface area contributed by atoms with E-state index >= 15 is 0 Å². The number of rotatable bonds is 4. The molecule has 0 aromatic heterocycles. The summed E-state index contributed by atoms with van der Waals surface area (Å²) in [6, 6.07) is 8.21. The lowest BCUT2D eigenvalue weighted by Crippen LogP contribution is -2.44. The molecule has 20 heavy (non-hydrogen) atoms. The van der Waals surface area contributed by atoms with E-state index in [0.717, 1.165) is 23.7 Å². The predicted octanol–water partition coefficient (Wildman–Crippen LogP) is 3.07. The lowest BCUT2D eigenvalue weighted by Gasteiger charge is -2.24. The third kappa shape index (κ3) is 2.82. The molecule has 0 saturated heterocycles. The van der Waals surface area contributed by atoms with Gasteiger partial charge < -0.3 is 10.1 Å². The van der Waals surface area contributed by atoms with Crippen molar-refractivity contribution in [1.82, 2.24) is 5.32 Å². The van der Waals surface area contributed by atoms with Gasteiger partial charge in [-0.05, 0) is 62.6 Å². The van der Waals surface area contributed by atoms with Crippen LogP contribution in [0.25, 0.3) is 0 Å². The molecule has 2 aliphatic rings. The van der Waals surface area contributed by atoms with Gasteiger partial charge in [0.1, 0.15) is 5.75 Å². The number of carbonyl (C=O) groups is 1. The molecule has 3 nitrogen and oxygen atoms in total. The van der Waals surface area contributed by atoms with Gasteiger partial charge in [0.25, 0.3) is 5.91 Å². The highest BCUT2D eigenvalue weighted by molar-refractivity contribution is 5.81. The lowest BCUT2D eigenvalue weighted by molar-refractivity contribution is -0.128. The maximum atomic E-state index is 12.2. The Bertz CT molecular complexity index is 500. The van der Waals surface area contributed by atoms with Crippen molar-refractivity contribution in [2.24, 2.45) is 11.8 Å². The summed E-state index contributed by atoms with van der Waals surface area (Å²) in [5, 5.41) is 3.18. The lowest BCUT2D eigenvalue weighted by atomic mass is 9.95. The molecule has 3 heteroatoms. The zero-order chi connectivity index (χ0) is 14.1. The Morgan fingerprint density at radius 1 is 1.35 bits per heavy atom. The normalized spacial score (nSPS) is 29.2. The average molecular weight is 273 g/mol. The zero-order valence-electron chi connectivity index (χ0n) is 12.3. The third-order valence-corrected chi connectivity index (χ3v) is 4.74. The number of carbonyl (C=O) groups excluding carboxylic acids is 1. The molecule has 1 amide bonds. The number of hydrogen-bond donors (Lipinski definition) is 1. The van der Waals surface area contributed by atoms with Gasteiger partial charge in [-0.2, -0.15) is 0 Å². The zero-order valence-corrected chi connectivity index (χ0v) is 12.3. The first kappa shape index (κ1) is 13.5. The van der Waals surface area contributed by atoms with E-state index in [1.54, 1.807) is 0 Å². The second kappa shape index (κ2) is 5.47. The van der Waals surface area contributed by atoms with Gasteiger partial charge in [-0.3, -0.25) is 4.79 Å². The molecule has 4 atom stereocenters. The van der Waals surface area contributed by atoms with E-state index in [1.165, 1.54) is 19.3 Å². The van der Waals surface area contributed by atoms with Crippen LogP contribution in [0.2, 0.25) is 0 Å². The average Bonchev–Trinajstić information content (AvgIpc) is 3.01. The van der Waals surface area contributed by atoms with Gasteiger partial charge in [0, 0.05) is 6.04 Å². The molecule has 1 aromatic rings. The molecule has 2 bridgehead atoms. The van der Waals surface area contributed by atoms with E-state index < -0.39 is 6.10 Å². The topological polar surface area (TPSA) is 38.3 Å². The molecule has 0 radical (unpaired) electrons. The molecule has 0 aliphatic heterocycles. The van der Waals surface area contributed by atoms with Crippen LogP contribution in [0.5, 0.6) is 5.75 Å². The van der Waals surface area contributed by atoms with Crippen molar-refractivity contribution < 1.29 is 9.53 Å². The highest BCUT2D eigenvalue weighted by Crippen LogP contribution is 2.44. The minimum atomic E-state index is -0.434. The van der Waals surface area contributed by atoms with Crippen LogP contribution in [0.4, 0.5) is 0 Å². The first-order chi connectivity index (χ1) is 9.61. The smallest absolute Gasteiger partial charge is 0.261 e. The van der Waals surface area contributed by atoms with Gasteiger partial charge in [-0.15, -0.1) is 0 Å². The number of hydrogen-bond acceptors (Lipinski definition) is 2. The van der Waals surface area contributed by atoms with Gasteiger partial charge in [-0.1, -0.05) is 18.6 Å². The van der Waals surface area contributed by atoms with Crippen LogP contribution in [0.1, 0.15) is 38.2 Å². The molecule has 2 aliphatic carbocycles. The van der Waals surface area contributed by atoms with Crippen molar-refractivity contribution >= 4 is 5.91 Å². The van der Waals surface area contributed by atoms with Gasteiger partial charge in [0.2, 0.25) is 0 Å². The van der Waals surface area contributed by atoms with Crippen LogP contribution in [-0.4, -0.2) is 18.1 Å². The second-order valence-corrected chi connectivity index (χ2v) is 6.37. The van der Waals surface area contributed by atoms with Crippen LogP contribution in [0, 0.1) is 18.8 Å². The highest BCUT2D eigenvalue weighted by Gasteiger charge is 2.40. The van der Waals surface area contributed by atoms with Crippen molar-refractivity contribution in [2.45, 2.75) is 51.7 Å². The molecule has 3 rings (SSSR count). The van der Waals surface area contributed by atoms with Crippen LogP contribution in [0.15, 0.2) is 24.3 Å². The molecule has 2 fully saturated rings. The van der Waals surface area contributed by atoms with E-state index in [9.17, 15) is 4.79 Å². The SMILES string of the molecule is Cc1cccc(O[C@@H](C)C(=O)N[C@@H]2C[C@@H]3CC[C@@H]2C3)c1. The van der Waals surface area contributed by atoms with Crippen molar-refractivity contribution in [2.75, 3.05) is 0 Å². The molecule has 0 heterocycles. The van der Waals surface area contributed by atoms with E-state index in [0.29, 0.717) is 12.0 Å².